The van der Waals surface area contributed by atoms with E-state index >= 15 is 0 Å². The molecule has 2 aromatic rings. The van der Waals surface area contributed by atoms with Gasteiger partial charge >= 0.3 is 0 Å². The zero-order chi connectivity index (χ0) is 12.8. The van der Waals surface area contributed by atoms with Gasteiger partial charge in [0.2, 0.25) is 5.91 Å². The van der Waals surface area contributed by atoms with Gasteiger partial charge in [-0.1, -0.05) is 30.3 Å². The SMILES string of the molecule is O=C(CCc1ccccc1)Nc1cncc(F)c1. The Labute approximate surface area is 105 Å². The van der Waals surface area contributed by atoms with Crippen molar-refractivity contribution in [3.05, 3.63) is 60.2 Å². The van der Waals surface area contributed by atoms with Crippen LogP contribution < -0.4 is 5.32 Å². The standard InChI is InChI=1S/C14H13FN2O/c15-12-8-13(10-16-9-12)17-14(18)7-6-11-4-2-1-3-5-11/h1-5,8-10H,6-7H2,(H,17,18). The summed E-state index contributed by atoms with van der Waals surface area (Å²) in [5.74, 6) is -0.609. The van der Waals surface area contributed by atoms with Crippen LogP contribution in [0.3, 0.4) is 0 Å². The number of benzene rings is 1. The van der Waals surface area contributed by atoms with E-state index in [9.17, 15) is 9.18 Å². The van der Waals surface area contributed by atoms with Crippen molar-refractivity contribution in [3.8, 4) is 0 Å². The molecule has 0 unspecified atom stereocenters. The van der Waals surface area contributed by atoms with E-state index in [2.05, 4.69) is 10.3 Å². The molecular weight excluding hydrogens is 231 g/mol. The lowest BCUT2D eigenvalue weighted by Crippen LogP contribution is -2.12. The highest BCUT2D eigenvalue weighted by Gasteiger charge is 2.04. The van der Waals surface area contributed by atoms with Crippen molar-refractivity contribution in [2.24, 2.45) is 0 Å². The minimum atomic E-state index is -0.462. The molecule has 0 aliphatic rings. The Morgan fingerprint density at radius 3 is 2.72 bits per heavy atom. The first kappa shape index (κ1) is 12.2. The molecular formula is C14H13FN2O. The van der Waals surface area contributed by atoms with Crippen LogP contribution in [0.4, 0.5) is 10.1 Å². The van der Waals surface area contributed by atoms with Gasteiger partial charge in [0.05, 0.1) is 18.1 Å². The summed E-state index contributed by atoms with van der Waals surface area (Å²) in [6.07, 6.45) is 3.54. The monoisotopic (exact) mass is 244 g/mol. The highest BCUT2D eigenvalue weighted by molar-refractivity contribution is 5.90. The molecule has 0 saturated carbocycles. The maximum Gasteiger partial charge on any atom is 0.224 e. The van der Waals surface area contributed by atoms with Crippen LogP contribution in [0.2, 0.25) is 0 Å². The minimum absolute atomic E-state index is 0.147. The Balaban J connectivity index is 1.86. The minimum Gasteiger partial charge on any atom is -0.325 e. The first-order valence-corrected chi connectivity index (χ1v) is 5.68. The van der Waals surface area contributed by atoms with Crippen LogP contribution in [0.25, 0.3) is 0 Å². The Morgan fingerprint density at radius 2 is 2.00 bits per heavy atom. The van der Waals surface area contributed by atoms with E-state index in [1.54, 1.807) is 0 Å². The normalized spacial score (nSPS) is 10.1. The van der Waals surface area contributed by atoms with Crippen LogP contribution >= 0.6 is 0 Å². The maximum absolute atomic E-state index is 12.9. The Kier molecular flexibility index (Phi) is 4.02. The van der Waals surface area contributed by atoms with Crippen LogP contribution in [0.15, 0.2) is 48.8 Å². The fourth-order valence-corrected chi connectivity index (χ4v) is 1.61. The summed E-state index contributed by atoms with van der Waals surface area (Å²) in [6, 6.07) is 11.0. The van der Waals surface area contributed by atoms with Crippen molar-refractivity contribution in [1.82, 2.24) is 4.98 Å². The number of nitrogens with one attached hydrogen (secondary N) is 1. The maximum atomic E-state index is 12.9. The second-order valence-corrected chi connectivity index (χ2v) is 3.93. The number of halogens is 1. The molecule has 1 heterocycles. The van der Waals surface area contributed by atoms with E-state index in [4.69, 9.17) is 0 Å². The molecule has 18 heavy (non-hydrogen) atoms. The average molecular weight is 244 g/mol. The van der Waals surface area contributed by atoms with Crippen LogP contribution in [-0.2, 0) is 11.2 Å². The van der Waals surface area contributed by atoms with E-state index in [0.29, 0.717) is 18.5 Å². The number of nitrogens with zero attached hydrogens (tertiary/aromatic N) is 1. The number of aromatic nitrogens is 1. The molecule has 1 amide bonds. The number of carbonyl (C=O) groups excluding carboxylic acids is 1. The number of rotatable bonds is 4. The third kappa shape index (κ3) is 3.66. The summed E-state index contributed by atoms with van der Waals surface area (Å²) in [7, 11) is 0. The summed E-state index contributed by atoms with van der Waals surface area (Å²) in [5.41, 5.74) is 1.48. The summed E-state index contributed by atoms with van der Waals surface area (Å²) in [4.78, 5) is 15.3. The van der Waals surface area contributed by atoms with E-state index in [1.165, 1.54) is 12.3 Å². The number of hydrogen-bond acceptors (Lipinski definition) is 2. The molecule has 0 spiro atoms. The third-order valence-electron chi connectivity index (χ3n) is 2.47. The quantitative estimate of drug-likeness (QED) is 0.898. The molecule has 0 atom stereocenters. The van der Waals surface area contributed by atoms with E-state index < -0.39 is 5.82 Å². The fourth-order valence-electron chi connectivity index (χ4n) is 1.61. The van der Waals surface area contributed by atoms with Crippen LogP contribution in [0, 0.1) is 5.82 Å². The van der Waals surface area contributed by atoms with Gasteiger partial charge in [0.1, 0.15) is 5.82 Å². The molecule has 2 rings (SSSR count). The van der Waals surface area contributed by atoms with Gasteiger partial charge in [-0.15, -0.1) is 0 Å². The van der Waals surface area contributed by atoms with E-state index in [-0.39, 0.29) is 5.91 Å². The lowest BCUT2D eigenvalue weighted by Gasteiger charge is -2.04. The van der Waals surface area contributed by atoms with Crippen molar-refractivity contribution in [3.63, 3.8) is 0 Å². The predicted octanol–water partition coefficient (Wildman–Crippen LogP) is 2.79. The first-order valence-electron chi connectivity index (χ1n) is 5.68. The van der Waals surface area contributed by atoms with Crippen molar-refractivity contribution in [2.45, 2.75) is 12.8 Å². The van der Waals surface area contributed by atoms with Crippen LogP contribution in [-0.4, -0.2) is 10.9 Å². The number of carbonyl (C=O) groups is 1. The van der Waals surface area contributed by atoms with E-state index in [0.717, 1.165) is 11.8 Å². The zero-order valence-corrected chi connectivity index (χ0v) is 9.77. The molecule has 0 aliphatic heterocycles. The number of aryl methyl sites for hydroxylation is 1. The molecule has 0 aliphatic carbocycles. The highest BCUT2D eigenvalue weighted by Crippen LogP contribution is 2.08. The van der Waals surface area contributed by atoms with Gasteiger partial charge < -0.3 is 5.32 Å². The molecule has 0 radical (unpaired) electrons. The number of anilines is 1. The van der Waals surface area contributed by atoms with Crippen molar-refractivity contribution in [2.75, 3.05) is 5.32 Å². The molecule has 0 fully saturated rings. The smallest absolute Gasteiger partial charge is 0.224 e. The van der Waals surface area contributed by atoms with Crippen molar-refractivity contribution >= 4 is 11.6 Å². The Morgan fingerprint density at radius 1 is 1.22 bits per heavy atom. The Hall–Kier alpha value is -2.23. The average Bonchev–Trinajstić information content (AvgIpc) is 2.38. The van der Waals surface area contributed by atoms with Gasteiger partial charge in [0, 0.05) is 12.5 Å². The van der Waals surface area contributed by atoms with Gasteiger partial charge in [0.15, 0.2) is 0 Å². The second-order valence-electron chi connectivity index (χ2n) is 3.93. The lowest BCUT2D eigenvalue weighted by atomic mass is 10.1. The topological polar surface area (TPSA) is 42.0 Å². The van der Waals surface area contributed by atoms with Crippen molar-refractivity contribution < 1.29 is 9.18 Å². The second kappa shape index (κ2) is 5.91. The van der Waals surface area contributed by atoms with Crippen LogP contribution in [0.1, 0.15) is 12.0 Å². The lowest BCUT2D eigenvalue weighted by molar-refractivity contribution is -0.116. The van der Waals surface area contributed by atoms with E-state index in [1.807, 2.05) is 30.3 Å². The summed E-state index contributed by atoms with van der Waals surface area (Å²) in [5, 5.41) is 2.61. The highest BCUT2D eigenvalue weighted by atomic mass is 19.1. The van der Waals surface area contributed by atoms with Gasteiger partial charge in [-0.2, -0.15) is 0 Å². The van der Waals surface area contributed by atoms with Gasteiger partial charge in [-0.3, -0.25) is 9.78 Å². The first-order chi connectivity index (χ1) is 8.74. The Bertz CT molecular complexity index is 528. The molecule has 3 nitrogen and oxygen atoms in total. The third-order valence-corrected chi connectivity index (χ3v) is 2.47. The van der Waals surface area contributed by atoms with Crippen molar-refractivity contribution in [1.29, 1.82) is 0 Å². The van der Waals surface area contributed by atoms with Gasteiger partial charge in [-0.25, -0.2) is 4.39 Å². The number of pyridine rings is 1. The molecule has 92 valence electrons. The molecule has 1 aromatic carbocycles. The summed E-state index contributed by atoms with van der Waals surface area (Å²) >= 11 is 0. The molecule has 0 saturated heterocycles. The predicted molar refractivity (Wildman–Crippen MR) is 67.6 cm³/mol. The molecule has 1 aromatic heterocycles. The zero-order valence-electron chi connectivity index (χ0n) is 9.77. The van der Waals surface area contributed by atoms with Gasteiger partial charge in [0.25, 0.3) is 0 Å². The fraction of sp³-hybridized carbons (Fsp3) is 0.143. The number of hydrogen-bond donors (Lipinski definition) is 1. The molecule has 4 heteroatoms. The largest absolute Gasteiger partial charge is 0.325 e. The summed E-state index contributed by atoms with van der Waals surface area (Å²) in [6.45, 7) is 0. The molecule has 0 bridgehead atoms. The van der Waals surface area contributed by atoms with Crippen LogP contribution in [0.5, 0.6) is 0 Å². The summed E-state index contributed by atoms with van der Waals surface area (Å²) < 4.78 is 12.9. The number of amides is 1. The van der Waals surface area contributed by atoms with Gasteiger partial charge in [-0.05, 0) is 12.0 Å². The molecule has 1 N–H and O–H groups in total.